The summed E-state index contributed by atoms with van der Waals surface area (Å²) >= 11 is 12.2. The SMILES string of the molecule is CCc1nn(CC)c(CCCC(C)Cl)c1Cl. The van der Waals surface area contributed by atoms with E-state index in [2.05, 4.69) is 18.9 Å². The summed E-state index contributed by atoms with van der Waals surface area (Å²) in [7, 11) is 0. The monoisotopic (exact) mass is 262 g/mol. The van der Waals surface area contributed by atoms with E-state index in [1.165, 1.54) is 5.69 Å². The fourth-order valence-corrected chi connectivity index (χ4v) is 2.32. The minimum Gasteiger partial charge on any atom is -0.268 e. The minimum absolute atomic E-state index is 0.238. The molecule has 1 heterocycles. The van der Waals surface area contributed by atoms with Crippen LogP contribution in [0.15, 0.2) is 0 Å². The number of hydrogen-bond acceptors (Lipinski definition) is 1. The van der Waals surface area contributed by atoms with Crippen molar-refractivity contribution in [3.63, 3.8) is 0 Å². The maximum Gasteiger partial charge on any atom is 0.0849 e. The quantitative estimate of drug-likeness (QED) is 0.707. The second-order valence-corrected chi connectivity index (χ2v) is 5.17. The normalized spacial score (nSPS) is 13.1. The predicted octanol–water partition coefficient (Wildman–Crippen LogP) is 4.07. The number of nitrogens with zero attached hydrogens (tertiary/aromatic N) is 2. The number of halogens is 2. The summed E-state index contributed by atoms with van der Waals surface area (Å²) < 4.78 is 2.01. The Morgan fingerprint density at radius 3 is 2.56 bits per heavy atom. The number of rotatable bonds is 6. The summed E-state index contributed by atoms with van der Waals surface area (Å²) in [4.78, 5) is 0. The second-order valence-electron chi connectivity index (χ2n) is 4.05. The van der Waals surface area contributed by atoms with Crippen molar-refractivity contribution >= 4 is 23.2 Å². The lowest BCUT2D eigenvalue weighted by Gasteiger charge is -2.06. The third-order valence-corrected chi connectivity index (χ3v) is 3.36. The Bertz CT molecular complexity index is 332. The Hall–Kier alpha value is -0.210. The van der Waals surface area contributed by atoms with Crippen molar-refractivity contribution in [2.45, 2.75) is 58.4 Å². The van der Waals surface area contributed by atoms with Crippen LogP contribution in [-0.4, -0.2) is 15.2 Å². The molecule has 16 heavy (non-hydrogen) atoms. The molecule has 1 unspecified atom stereocenters. The number of hydrogen-bond donors (Lipinski definition) is 0. The average Bonchev–Trinajstić information content (AvgIpc) is 2.55. The largest absolute Gasteiger partial charge is 0.268 e. The van der Waals surface area contributed by atoms with Gasteiger partial charge in [-0.15, -0.1) is 11.6 Å². The molecule has 0 aromatic carbocycles. The van der Waals surface area contributed by atoms with Crippen molar-refractivity contribution in [2.75, 3.05) is 0 Å². The molecule has 92 valence electrons. The van der Waals surface area contributed by atoms with Crippen LogP contribution in [0.1, 0.15) is 45.0 Å². The first-order chi connectivity index (χ1) is 7.60. The van der Waals surface area contributed by atoms with Crippen molar-refractivity contribution in [3.05, 3.63) is 16.4 Å². The smallest absolute Gasteiger partial charge is 0.0849 e. The van der Waals surface area contributed by atoms with Crippen molar-refractivity contribution in [3.8, 4) is 0 Å². The van der Waals surface area contributed by atoms with Gasteiger partial charge in [0.1, 0.15) is 0 Å². The first-order valence-electron chi connectivity index (χ1n) is 5.98. The minimum atomic E-state index is 0.238. The molecule has 0 bridgehead atoms. The zero-order chi connectivity index (χ0) is 12.1. The van der Waals surface area contributed by atoms with Gasteiger partial charge in [-0.2, -0.15) is 5.10 Å². The summed E-state index contributed by atoms with van der Waals surface area (Å²) in [6.45, 7) is 7.08. The molecule has 2 nitrogen and oxygen atoms in total. The van der Waals surface area contributed by atoms with Gasteiger partial charge in [-0.05, 0) is 39.5 Å². The van der Waals surface area contributed by atoms with E-state index >= 15 is 0 Å². The van der Waals surface area contributed by atoms with Gasteiger partial charge in [0.15, 0.2) is 0 Å². The molecule has 0 aliphatic carbocycles. The molecule has 1 aromatic heterocycles. The lowest BCUT2D eigenvalue weighted by Crippen LogP contribution is -2.04. The van der Waals surface area contributed by atoms with Crippen LogP contribution in [0, 0.1) is 0 Å². The molecule has 4 heteroatoms. The molecule has 0 spiro atoms. The molecule has 0 saturated carbocycles. The van der Waals surface area contributed by atoms with Gasteiger partial charge in [0.05, 0.1) is 16.4 Å². The van der Waals surface area contributed by atoms with Crippen molar-refractivity contribution < 1.29 is 0 Å². The van der Waals surface area contributed by atoms with Crippen molar-refractivity contribution in [1.29, 1.82) is 0 Å². The fraction of sp³-hybridized carbons (Fsp3) is 0.750. The Kier molecular flexibility index (Phi) is 5.63. The van der Waals surface area contributed by atoms with Crippen LogP contribution in [0.3, 0.4) is 0 Å². The summed E-state index contributed by atoms with van der Waals surface area (Å²) in [5.74, 6) is 0. The standard InChI is InChI=1S/C12H20Cl2N2/c1-4-10-12(14)11(16(5-2)15-10)8-6-7-9(3)13/h9H,4-8H2,1-3H3. The average molecular weight is 263 g/mol. The maximum absolute atomic E-state index is 6.31. The van der Waals surface area contributed by atoms with Crippen LogP contribution in [0.5, 0.6) is 0 Å². The molecule has 1 atom stereocenters. The van der Waals surface area contributed by atoms with Gasteiger partial charge in [0.2, 0.25) is 0 Å². The first-order valence-corrected chi connectivity index (χ1v) is 6.79. The van der Waals surface area contributed by atoms with Crippen LogP contribution >= 0.6 is 23.2 Å². The van der Waals surface area contributed by atoms with Crippen molar-refractivity contribution in [1.82, 2.24) is 9.78 Å². The predicted molar refractivity (Wildman–Crippen MR) is 70.5 cm³/mol. The van der Waals surface area contributed by atoms with Gasteiger partial charge in [0, 0.05) is 11.9 Å². The van der Waals surface area contributed by atoms with Crippen molar-refractivity contribution in [2.24, 2.45) is 0 Å². The van der Waals surface area contributed by atoms with E-state index in [1.807, 2.05) is 11.6 Å². The van der Waals surface area contributed by atoms with Gasteiger partial charge in [-0.3, -0.25) is 4.68 Å². The zero-order valence-electron chi connectivity index (χ0n) is 10.3. The Morgan fingerprint density at radius 2 is 2.06 bits per heavy atom. The van der Waals surface area contributed by atoms with Crippen LogP contribution < -0.4 is 0 Å². The summed E-state index contributed by atoms with van der Waals surface area (Å²) in [6, 6.07) is 0. The Labute approximate surface area is 108 Å². The van der Waals surface area contributed by atoms with E-state index in [0.29, 0.717) is 0 Å². The second kappa shape index (κ2) is 6.51. The third kappa shape index (κ3) is 3.39. The molecule has 0 radical (unpaired) electrons. The molecule has 1 rings (SSSR count). The summed E-state index contributed by atoms with van der Waals surface area (Å²) in [6.07, 6.45) is 3.95. The summed E-state index contributed by atoms with van der Waals surface area (Å²) in [5, 5.41) is 5.59. The molecular formula is C12H20Cl2N2. The van der Waals surface area contributed by atoms with Gasteiger partial charge in [-0.25, -0.2) is 0 Å². The van der Waals surface area contributed by atoms with Gasteiger partial charge < -0.3 is 0 Å². The molecule has 0 amide bonds. The fourth-order valence-electron chi connectivity index (χ4n) is 1.81. The van der Waals surface area contributed by atoms with Crippen LogP contribution in [-0.2, 0) is 19.4 Å². The molecule has 0 saturated heterocycles. The maximum atomic E-state index is 6.31. The zero-order valence-corrected chi connectivity index (χ0v) is 11.8. The molecule has 0 N–H and O–H groups in total. The topological polar surface area (TPSA) is 17.8 Å². The molecule has 0 aliphatic rings. The highest BCUT2D eigenvalue weighted by atomic mass is 35.5. The molecule has 0 fully saturated rings. The number of aromatic nitrogens is 2. The van der Waals surface area contributed by atoms with Crippen LogP contribution in [0.4, 0.5) is 0 Å². The number of aryl methyl sites for hydroxylation is 2. The lowest BCUT2D eigenvalue weighted by molar-refractivity contribution is 0.595. The highest BCUT2D eigenvalue weighted by molar-refractivity contribution is 6.31. The van der Waals surface area contributed by atoms with Gasteiger partial charge >= 0.3 is 0 Å². The Morgan fingerprint density at radius 1 is 1.38 bits per heavy atom. The lowest BCUT2D eigenvalue weighted by atomic mass is 10.1. The van der Waals surface area contributed by atoms with Crippen LogP contribution in [0.25, 0.3) is 0 Å². The highest BCUT2D eigenvalue weighted by Crippen LogP contribution is 2.23. The third-order valence-electron chi connectivity index (χ3n) is 2.71. The Balaban J connectivity index is 2.73. The first kappa shape index (κ1) is 13.9. The molecule has 1 aromatic rings. The molecule has 0 aliphatic heterocycles. The molecular weight excluding hydrogens is 243 g/mol. The van der Waals surface area contributed by atoms with Crippen LogP contribution in [0.2, 0.25) is 5.02 Å². The van der Waals surface area contributed by atoms with E-state index in [9.17, 15) is 0 Å². The van der Waals surface area contributed by atoms with E-state index < -0.39 is 0 Å². The van der Waals surface area contributed by atoms with Gasteiger partial charge in [0.25, 0.3) is 0 Å². The van der Waals surface area contributed by atoms with Gasteiger partial charge in [-0.1, -0.05) is 18.5 Å². The van der Waals surface area contributed by atoms with E-state index in [-0.39, 0.29) is 5.38 Å². The van der Waals surface area contributed by atoms with E-state index in [4.69, 9.17) is 23.2 Å². The van der Waals surface area contributed by atoms with E-state index in [0.717, 1.165) is 42.9 Å². The highest BCUT2D eigenvalue weighted by Gasteiger charge is 2.13. The number of alkyl halides is 1. The summed E-state index contributed by atoms with van der Waals surface area (Å²) in [5.41, 5.74) is 2.18. The van der Waals surface area contributed by atoms with E-state index in [1.54, 1.807) is 0 Å².